The molecule has 0 aliphatic rings. The SMILES string of the molecule is CCc1nccn1-c1ccc(F)cc1CN. The van der Waals surface area contributed by atoms with Gasteiger partial charge in [-0.25, -0.2) is 9.37 Å². The van der Waals surface area contributed by atoms with Crippen molar-refractivity contribution in [2.75, 3.05) is 0 Å². The van der Waals surface area contributed by atoms with E-state index in [-0.39, 0.29) is 5.82 Å². The second-order valence-corrected chi connectivity index (χ2v) is 3.54. The van der Waals surface area contributed by atoms with Crippen molar-refractivity contribution in [3.05, 3.63) is 47.8 Å². The van der Waals surface area contributed by atoms with Gasteiger partial charge in [0.05, 0.1) is 5.69 Å². The van der Waals surface area contributed by atoms with Crippen molar-refractivity contribution in [2.45, 2.75) is 19.9 Å². The zero-order valence-electron chi connectivity index (χ0n) is 9.15. The molecule has 0 amide bonds. The van der Waals surface area contributed by atoms with Gasteiger partial charge in [0, 0.05) is 25.4 Å². The van der Waals surface area contributed by atoms with Crippen molar-refractivity contribution >= 4 is 0 Å². The Morgan fingerprint density at radius 1 is 1.44 bits per heavy atom. The summed E-state index contributed by atoms with van der Waals surface area (Å²) >= 11 is 0. The molecule has 4 heteroatoms. The molecule has 0 radical (unpaired) electrons. The first-order valence-corrected chi connectivity index (χ1v) is 5.27. The number of hydrogen-bond acceptors (Lipinski definition) is 2. The Balaban J connectivity index is 2.55. The molecular weight excluding hydrogens is 205 g/mol. The minimum atomic E-state index is -0.262. The first-order valence-electron chi connectivity index (χ1n) is 5.27. The molecule has 3 nitrogen and oxygen atoms in total. The molecule has 0 fully saturated rings. The number of nitrogens with two attached hydrogens (primary N) is 1. The van der Waals surface area contributed by atoms with Crippen molar-refractivity contribution in [1.82, 2.24) is 9.55 Å². The van der Waals surface area contributed by atoms with E-state index in [0.717, 1.165) is 23.5 Å². The van der Waals surface area contributed by atoms with Crippen LogP contribution in [0.3, 0.4) is 0 Å². The van der Waals surface area contributed by atoms with Crippen LogP contribution in [0.15, 0.2) is 30.6 Å². The van der Waals surface area contributed by atoms with Gasteiger partial charge in [-0.3, -0.25) is 0 Å². The Morgan fingerprint density at radius 2 is 2.25 bits per heavy atom. The average molecular weight is 219 g/mol. The van der Waals surface area contributed by atoms with Gasteiger partial charge >= 0.3 is 0 Å². The molecule has 2 N–H and O–H groups in total. The molecule has 1 aromatic carbocycles. The van der Waals surface area contributed by atoms with Crippen LogP contribution in [0.2, 0.25) is 0 Å². The summed E-state index contributed by atoms with van der Waals surface area (Å²) in [6.07, 6.45) is 4.43. The molecule has 2 rings (SSSR count). The highest BCUT2D eigenvalue weighted by atomic mass is 19.1. The minimum absolute atomic E-state index is 0.262. The third kappa shape index (κ3) is 1.84. The molecule has 0 unspecified atom stereocenters. The van der Waals surface area contributed by atoms with Gasteiger partial charge in [0.15, 0.2) is 0 Å². The topological polar surface area (TPSA) is 43.8 Å². The van der Waals surface area contributed by atoms with Crippen LogP contribution in [0, 0.1) is 5.82 Å². The molecule has 0 aliphatic carbocycles. The number of nitrogens with zero attached hydrogens (tertiary/aromatic N) is 2. The first-order chi connectivity index (χ1) is 7.76. The van der Waals surface area contributed by atoms with Gasteiger partial charge < -0.3 is 10.3 Å². The smallest absolute Gasteiger partial charge is 0.123 e. The lowest BCUT2D eigenvalue weighted by atomic mass is 10.1. The van der Waals surface area contributed by atoms with E-state index in [9.17, 15) is 4.39 Å². The van der Waals surface area contributed by atoms with E-state index in [2.05, 4.69) is 4.98 Å². The first kappa shape index (κ1) is 10.8. The second-order valence-electron chi connectivity index (χ2n) is 3.54. The lowest BCUT2D eigenvalue weighted by Gasteiger charge is -2.11. The third-order valence-electron chi connectivity index (χ3n) is 2.55. The van der Waals surface area contributed by atoms with Gasteiger partial charge in [0.1, 0.15) is 11.6 Å². The van der Waals surface area contributed by atoms with E-state index < -0.39 is 0 Å². The average Bonchev–Trinajstić information content (AvgIpc) is 2.76. The summed E-state index contributed by atoms with van der Waals surface area (Å²) < 4.78 is 15.0. The maximum absolute atomic E-state index is 13.1. The fraction of sp³-hybridized carbons (Fsp3) is 0.250. The molecule has 0 saturated carbocycles. The van der Waals surface area contributed by atoms with E-state index in [4.69, 9.17) is 5.73 Å². The zero-order valence-corrected chi connectivity index (χ0v) is 9.15. The van der Waals surface area contributed by atoms with Gasteiger partial charge in [-0.05, 0) is 23.8 Å². The van der Waals surface area contributed by atoms with Crippen LogP contribution >= 0.6 is 0 Å². The zero-order chi connectivity index (χ0) is 11.5. The minimum Gasteiger partial charge on any atom is -0.326 e. The maximum atomic E-state index is 13.1. The van der Waals surface area contributed by atoms with Crippen LogP contribution in [0.1, 0.15) is 18.3 Å². The predicted molar refractivity (Wildman–Crippen MR) is 60.8 cm³/mol. The number of imidazole rings is 1. The molecule has 2 aromatic rings. The fourth-order valence-electron chi connectivity index (χ4n) is 1.77. The van der Waals surface area contributed by atoms with Gasteiger partial charge in [-0.15, -0.1) is 0 Å². The Kier molecular flexibility index (Phi) is 3.01. The van der Waals surface area contributed by atoms with Crippen LogP contribution < -0.4 is 5.73 Å². The Bertz CT molecular complexity index is 491. The van der Waals surface area contributed by atoms with Crippen molar-refractivity contribution in [3.8, 4) is 5.69 Å². The normalized spacial score (nSPS) is 10.7. The van der Waals surface area contributed by atoms with E-state index >= 15 is 0 Å². The molecule has 0 saturated heterocycles. The van der Waals surface area contributed by atoms with Gasteiger partial charge in [-0.1, -0.05) is 6.92 Å². The molecule has 0 bridgehead atoms. The third-order valence-corrected chi connectivity index (χ3v) is 2.55. The second kappa shape index (κ2) is 4.45. The standard InChI is InChI=1S/C12H14FN3/c1-2-12-15-5-6-16(12)11-4-3-10(13)7-9(11)8-14/h3-7H,2,8,14H2,1H3. The van der Waals surface area contributed by atoms with Crippen LogP contribution in [0.5, 0.6) is 0 Å². The van der Waals surface area contributed by atoms with Gasteiger partial charge in [0.2, 0.25) is 0 Å². The Hall–Kier alpha value is -1.68. The van der Waals surface area contributed by atoms with Crippen molar-refractivity contribution in [3.63, 3.8) is 0 Å². The summed E-state index contributed by atoms with van der Waals surface area (Å²) in [5.41, 5.74) is 7.30. The van der Waals surface area contributed by atoms with Crippen LogP contribution in [-0.4, -0.2) is 9.55 Å². The monoisotopic (exact) mass is 219 g/mol. The molecule has 84 valence electrons. The van der Waals surface area contributed by atoms with Crippen LogP contribution in [0.4, 0.5) is 4.39 Å². The highest BCUT2D eigenvalue weighted by molar-refractivity contribution is 5.42. The molecule has 1 heterocycles. The summed E-state index contributed by atoms with van der Waals surface area (Å²) in [6.45, 7) is 2.35. The van der Waals surface area contributed by atoms with Crippen LogP contribution in [0.25, 0.3) is 5.69 Å². The molecular formula is C12H14FN3. The molecule has 0 atom stereocenters. The van der Waals surface area contributed by atoms with Crippen molar-refractivity contribution in [2.24, 2.45) is 5.73 Å². The number of benzene rings is 1. The molecule has 1 aromatic heterocycles. The maximum Gasteiger partial charge on any atom is 0.123 e. The number of hydrogen-bond donors (Lipinski definition) is 1. The summed E-state index contributed by atoms with van der Waals surface area (Å²) in [5.74, 6) is 0.684. The number of rotatable bonds is 3. The predicted octanol–water partition coefficient (Wildman–Crippen LogP) is 2.03. The van der Waals surface area contributed by atoms with Gasteiger partial charge in [0.25, 0.3) is 0 Å². The molecule has 0 aliphatic heterocycles. The van der Waals surface area contributed by atoms with E-state index in [1.165, 1.54) is 12.1 Å². The molecule has 0 spiro atoms. The summed E-state index contributed by atoms with van der Waals surface area (Å²) in [6, 6.07) is 4.64. The van der Waals surface area contributed by atoms with Crippen LogP contribution in [-0.2, 0) is 13.0 Å². The van der Waals surface area contributed by atoms with Gasteiger partial charge in [-0.2, -0.15) is 0 Å². The summed E-state index contributed by atoms with van der Waals surface area (Å²) in [5, 5.41) is 0. The Labute approximate surface area is 93.7 Å². The Morgan fingerprint density at radius 3 is 2.94 bits per heavy atom. The highest BCUT2D eigenvalue weighted by Gasteiger charge is 2.08. The van der Waals surface area contributed by atoms with E-state index in [0.29, 0.717) is 6.54 Å². The van der Waals surface area contributed by atoms with E-state index in [1.54, 1.807) is 12.3 Å². The quantitative estimate of drug-likeness (QED) is 0.858. The number of aryl methyl sites for hydroxylation is 1. The van der Waals surface area contributed by atoms with Crippen molar-refractivity contribution in [1.29, 1.82) is 0 Å². The highest BCUT2D eigenvalue weighted by Crippen LogP contribution is 2.17. The fourth-order valence-corrected chi connectivity index (χ4v) is 1.77. The van der Waals surface area contributed by atoms with E-state index in [1.807, 2.05) is 17.7 Å². The largest absolute Gasteiger partial charge is 0.326 e. The summed E-state index contributed by atoms with van der Waals surface area (Å²) in [4.78, 5) is 4.24. The number of halogens is 1. The lowest BCUT2D eigenvalue weighted by molar-refractivity contribution is 0.624. The number of aromatic nitrogens is 2. The lowest BCUT2D eigenvalue weighted by Crippen LogP contribution is -2.07. The van der Waals surface area contributed by atoms with Crippen molar-refractivity contribution < 1.29 is 4.39 Å². The molecule has 16 heavy (non-hydrogen) atoms. The summed E-state index contributed by atoms with van der Waals surface area (Å²) in [7, 11) is 0.